The van der Waals surface area contributed by atoms with Gasteiger partial charge in [-0.15, -0.1) is 24.8 Å². The van der Waals surface area contributed by atoms with Crippen LogP contribution in [-0.4, -0.2) is 41.7 Å². The molecule has 0 aliphatic carbocycles. The van der Waals surface area contributed by atoms with Crippen molar-refractivity contribution in [2.24, 2.45) is 5.92 Å². The highest BCUT2D eigenvalue weighted by Crippen LogP contribution is 2.24. The third kappa shape index (κ3) is 5.71. The number of nitrogens with one attached hydrogen (secondary N) is 2. The van der Waals surface area contributed by atoms with Gasteiger partial charge in [-0.3, -0.25) is 4.79 Å². The Morgan fingerprint density at radius 2 is 2.04 bits per heavy atom. The molecule has 144 valence electrons. The van der Waals surface area contributed by atoms with E-state index in [0.717, 1.165) is 23.6 Å². The molecule has 1 fully saturated rings. The van der Waals surface area contributed by atoms with E-state index in [2.05, 4.69) is 15.6 Å². The number of carbonyl (C=O) groups excluding carboxylic acids is 1. The second kappa shape index (κ2) is 10.5. The molecule has 0 saturated carbocycles. The first-order chi connectivity index (χ1) is 11.6. The van der Waals surface area contributed by atoms with Crippen molar-refractivity contribution in [3.8, 4) is 11.3 Å². The van der Waals surface area contributed by atoms with Crippen molar-refractivity contribution in [1.82, 2.24) is 15.6 Å². The van der Waals surface area contributed by atoms with Gasteiger partial charge in [0.05, 0.1) is 11.8 Å². The van der Waals surface area contributed by atoms with Crippen molar-refractivity contribution in [3.05, 3.63) is 41.9 Å². The Labute approximate surface area is 165 Å². The molecule has 1 aliphatic heterocycles. The van der Waals surface area contributed by atoms with Gasteiger partial charge in [-0.25, -0.2) is 4.98 Å². The molecule has 2 heterocycles. The van der Waals surface area contributed by atoms with Crippen LogP contribution in [-0.2, 0) is 11.2 Å². The van der Waals surface area contributed by atoms with Gasteiger partial charge in [0.1, 0.15) is 0 Å². The topological polar surface area (TPSA) is 87.4 Å². The summed E-state index contributed by atoms with van der Waals surface area (Å²) in [7, 11) is 0. The number of benzene rings is 1. The molecule has 8 heteroatoms. The first kappa shape index (κ1) is 22.4. The van der Waals surface area contributed by atoms with Crippen LogP contribution in [0.25, 0.3) is 11.3 Å². The van der Waals surface area contributed by atoms with Gasteiger partial charge in [-0.05, 0) is 6.92 Å². The van der Waals surface area contributed by atoms with E-state index in [1.807, 2.05) is 37.3 Å². The van der Waals surface area contributed by atoms with E-state index in [-0.39, 0.29) is 42.7 Å². The fraction of sp³-hybridized carbons (Fsp3) is 0.444. The van der Waals surface area contributed by atoms with Crippen molar-refractivity contribution >= 4 is 30.7 Å². The van der Waals surface area contributed by atoms with E-state index < -0.39 is 0 Å². The lowest BCUT2D eigenvalue weighted by Crippen LogP contribution is -2.34. The lowest BCUT2D eigenvalue weighted by Gasteiger charge is -2.13. The summed E-state index contributed by atoms with van der Waals surface area (Å²) in [5, 5.41) is 15.7. The summed E-state index contributed by atoms with van der Waals surface area (Å²) in [4.78, 5) is 16.4. The second-order valence-electron chi connectivity index (χ2n) is 6.18. The number of carbonyl (C=O) groups is 1. The Morgan fingerprint density at radius 3 is 2.69 bits per heavy atom. The van der Waals surface area contributed by atoms with Gasteiger partial charge < -0.3 is 20.2 Å². The highest BCUT2D eigenvalue weighted by atomic mass is 35.5. The maximum absolute atomic E-state index is 12.0. The maximum atomic E-state index is 12.0. The fourth-order valence-electron chi connectivity index (χ4n) is 2.90. The van der Waals surface area contributed by atoms with Crippen LogP contribution in [0.2, 0.25) is 0 Å². The van der Waals surface area contributed by atoms with Crippen LogP contribution >= 0.6 is 24.8 Å². The van der Waals surface area contributed by atoms with Crippen LogP contribution in [0, 0.1) is 12.8 Å². The maximum Gasteiger partial charge on any atom is 0.220 e. The summed E-state index contributed by atoms with van der Waals surface area (Å²) in [6.07, 6.45) is 0.406. The molecule has 3 N–H and O–H groups in total. The molecule has 0 radical (unpaired) electrons. The van der Waals surface area contributed by atoms with Crippen LogP contribution < -0.4 is 10.6 Å². The lowest BCUT2D eigenvalue weighted by molar-refractivity contribution is -0.121. The van der Waals surface area contributed by atoms with Crippen molar-refractivity contribution in [2.75, 3.05) is 19.6 Å². The second-order valence-corrected chi connectivity index (χ2v) is 6.18. The molecule has 1 aliphatic rings. The number of halogens is 2. The van der Waals surface area contributed by atoms with E-state index in [1.54, 1.807) is 0 Å². The number of hydrogen-bond donors (Lipinski definition) is 3. The number of aliphatic hydroxyl groups excluding tert-OH is 1. The number of aryl methyl sites for hydroxylation is 2. The van der Waals surface area contributed by atoms with E-state index in [0.29, 0.717) is 31.8 Å². The summed E-state index contributed by atoms with van der Waals surface area (Å²) >= 11 is 0. The highest BCUT2D eigenvalue weighted by Gasteiger charge is 2.25. The molecule has 2 unspecified atom stereocenters. The van der Waals surface area contributed by atoms with Gasteiger partial charge in [0.15, 0.2) is 11.7 Å². The van der Waals surface area contributed by atoms with Gasteiger partial charge in [0.2, 0.25) is 5.91 Å². The van der Waals surface area contributed by atoms with E-state index in [4.69, 9.17) is 4.42 Å². The number of amides is 1. The van der Waals surface area contributed by atoms with E-state index >= 15 is 0 Å². The summed E-state index contributed by atoms with van der Waals surface area (Å²) in [6.45, 7) is 3.73. The van der Waals surface area contributed by atoms with Gasteiger partial charge in [-0.1, -0.05) is 30.3 Å². The monoisotopic (exact) mass is 401 g/mol. The Morgan fingerprint density at radius 1 is 1.31 bits per heavy atom. The predicted octanol–water partition coefficient (Wildman–Crippen LogP) is 2.12. The van der Waals surface area contributed by atoms with Crippen LogP contribution in [0.3, 0.4) is 0 Å². The largest absolute Gasteiger partial charge is 0.440 e. The molecule has 2 aromatic rings. The number of aliphatic hydroxyl groups is 1. The van der Waals surface area contributed by atoms with E-state index in [1.165, 1.54) is 0 Å². The molecule has 1 saturated heterocycles. The van der Waals surface area contributed by atoms with Crippen LogP contribution in [0.1, 0.15) is 18.0 Å². The SMILES string of the molecule is Cc1nc(CCC(=O)NCC2CNCC2O)oc1-c1ccccc1.Cl.Cl. The average Bonchev–Trinajstić information content (AvgIpc) is 3.17. The van der Waals surface area contributed by atoms with Crippen molar-refractivity contribution in [3.63, 3.8) is 0 Å². The first-order valence-corrected chi connectivity index (χ1v) is 8.30. The highest BCUT2D eigenvalue weighted by molar-refractivity contribution is 5.85. The molecular weight excluding hydrogens is 377 g/mol. The van der Waals surface area contributed by atoms with Crippen molar-refractivity contribution in [1.29, 1.82) is 0 Å². The molecular formula is C18H25Cl2N3O3. The normalized spacial score (nSPS) is 18.7. The Kier molecular flexibility index (Phi) is 9.08. The zero-order valence-electron chi connectivity index (χ0n) is 14.6. The quantitative estimate of drug-likeness (QED) is 0.689. The predicted molar refractivity (Wildman–Crippen MR) is 105 cm³/mol. The summed E-state index contributed by atoms with van der Waals surface area (Å²) < 4.78 is 5.80. The van der Waals surface area contributed by atoms with E-state index in [9.17, 15) is 9.90 Å². The number of rotatable bonds is 6. The van der Waals surface area contributed by atoms with Gasteiger partial charge in [0, 0.05) is 44.0 Å². The molecule has 26 heavy (non-hydrogen) atoms. The smallest absolute Gasteiger partial charge is 0.220 e. The minimum absolute atomic E-state index is 0. The fourth-order valence-corrected chi connectivity index (χ4v) is 2.90. The van der Waals surface area contributed by atoms with Gasteiger partial charge in [0.25, 0.3) is 0 Å². The van der Waals surface area contributed by atoms with Gasteiger partial charge >= 0.3 is 0 Å². The first-order valence-electron chi connectivity index (χ1n) is 8.30. The molecule has 0 spiro atoms. The van der Waals surface area contributed by atoms with Gasteiger partial charge in [-0.2, -0.15) is 0 Å². The summed E-state index contributed by atoms with van der Waals surface area (Å²) in [6, 6.07) is 9.82. The summed E-state index contributed by atoms with van der Waals surface area (Å²) in [5.41, 5.74) is 1.82. The molecule has 6 nitrogen and oxygen atoms in total. The lowest BCUT2D eigenvalue weighted by atomic mass is 10.1. The molecule has 0 bridgehead atoms. The Bertz CT molecular complexity index is 694. The minimum Gasteiger partial charge on any atom is -0.440 e. The molecule has 1 aromatic heterocycles. The zero-order valence-corrected chi connectivity index (χ0v) is 16.2. The van der Waals surface area contributed by atoms with Crippen LogP contribution in [0.4, 0.5) is 0 Å². The number of nitrogens with zero attached hydrogens (tertiary/aromatic N) is 1. The van der Waals surface area contributed by atoms with Crippen LogP contribution in [0.5, 0.6) is 0 Å². The Balaban J connectivity index is 0.00000169. The number of aromatic nitrogens is 1. The molecule has 1 amide bonds. The third-order valence-electron chi connectivity index (χ3n) is 4.31. The standard InChI is InChI=1S/C18H23N3O3.2ClH/c1-12-18(13-5-3-2-4-6-13)24-17(21-12)8-7-16(23)20-10-14-9-19-11-15(14)22;;/h2-6,14-15,19,22H,7-11H2,1H3,(H,20,23);2*1H. The van der Waals surface area contributed by atoms with Crippen LogP contribution in [0.15, 0.2) is 34.7 Å². The Hall–Kier alpha value is -1.60. The molecule has 1 aromatic carbocycles. The molecule has 3 rings (SSSR count). The average molecular weight is 402 g/mol. The third-order valence-corrected chi connectivity index (χ3v) is 4.31. The zero-order chi connectivity index (χ0) is 16.9. The van der Waals surface area contributed by atoms with Crippen molar-refractivity contribution < 1.29 is 14.3 Å². The summed E-state index contributed by atoms with van der Waals surface area (Å²) in [5.74, 6) is 1.36. The van der Waals surface area contributed by atoms with Crippen molar-refractivity contribution in [2.45, 2.75) is 25.9 Å². The number of oxazole rings is 1. The minimum atomic E-state index is -0.381. The molecule has 2 atom stereocenters. The number of β-amino-alcohol motifs (C(OH)–C–C–N with tert-alkyl or cyclic N) is 1. The number of hydrogen-bond acceptors (Lipinski definition) is 5.